The van der Waals surface area contributed by atoms with Gasteiger partial charge in [0.2, 0.25) is 0 Å². The minimum absolute atomic E-state index is 0. The molecule has 1 unspecified atom stereocenters. The standard InChI is InChI=1S/C16H36N2.2ClH/c1-3-5-6-7-8-9-10-11-12-13-15-18-16(17)14-4-2;;/h16,18H,3-15,17H2,1-2H3;2*1H. The Balaban J connectivity index is -0.00000144. The molecule has 0 spiro atoms. The molecule has 4 heteroatoms. The number of rotatable bonds is 14. The van der Waals surface area contributed by atoms with E-state index >= 15 is 0 Å². The van der Waals surface area contributed by atoms with E-state index in [1.54, 1.807) is 0 Å². The summed E-state index contributed by atoms with van der Waals surface area (Å²) in [6.07, 6.45) is 16.5. The minimum Gasteiger partial charge on any atom is -0.316 e. The highest BCUT2D eigenvalue weighted by atomic mass is 35.5. The molecule has 2 nitrogen and oxygen atoms in total. The zero-order chi connectivity index (χ0) is 13.5. The first kappa shape index (κ1) is 25.5. The summed E-state index contributed by atoms with van der Waals surface area (Å²) in [5, 5.41) is 3.39. The molecule has 0 aromatic rings. The number of unbranched alkanes of at least 4 members (excludes halogenated alkanes) is 9. The van der Waals surface area contributed by atoms with Crippen LogP contribution in [0.4, 0.5) is 0 Å². The Morgan fingerprint density at radius 3 is 1.60 bits per heavy atom. The van der Waals surface area contributed by atoms with E-state index in [2.05, 4.69) is 19.2 Å². The number of hydrogen-bond donors (Lipinski definition) is 2. The molecule has 1 atom stereocenters. The summed E-state index contributed by atoms with van der Waals surface area (Å²) < 4.78 is 0. The molecule has 0 radical (unpaired) electrons. The molecule has 0 heterocycles. The maximum absolute atomic E-state index is 5.89. The monoisotopic (exact) mass is 328 g/mol. The highest BCUT2D eigenvalue weighted by Gasteiger charge is 1.98. The summed E-state index contributed by atoms with van der Waals surface area (Å²) in [4.78, 5) is 0. The third kappa shape index (κ3) is 20.8. The molecule has 0 amide bonds. The average Bonchev–Trinajstić information content (AvgIpc) is 2.36. The first-order valence-corrected chi connectivity index (χ1v) is 8.30. The molecule has 0 saturated heterocycles. The van der Waals surface area contributed by atoms with Crippen LogP contribution in [0, 0.1) is 0 Å². The van der Waals surface area contributed by atoms with E-state index < -0.39 is 0 Å². The molecule has 0 rings (SSSR count). The van der Waals surface area contributed by atoms with Crippen molar-refractivity contribution in [3.8, 4) is 0 Å². The molecule has 0 aromatic heterocycles. The first-order chi connectivity index (χ1) is 8.81. The molecule has 0 fully saturated rings. The van der Waals surface area contributed by atoms with Crippen LogP contribution in [0.5, 0.6) is 0 Å². The third-order valence-corrected chi connectivity index (χ3v) is 3.54. The maximum Gasteiger partial charge on any atom is 0.0546 e. The Labute approximate surface area is 139 Å². The van der Waals surface area contributed by atoms with E-state index in [-0.39, 0.29) is 31.0 Å². The maximum atomic E-state index is 5.89. The van der Waals surface area contributed by atoms with Crippen molar-refractivity contribution in [2.45, 2.75) is 97.1 Å². The van der Waals surface area contributed by atoms with Crippen molar-refractivity contribution in [1.82, 2.24) is 5.32 Å². The van der Waals surface area contributed by atoms with Crippen molar-refractivity contribution in [3.05, 3.63) is 0 Å². The van der Waals surface area contributed by atoms with Crippen molar-refractivity contribution < 1.29 is 0 Å². The van der Waals surface area contributed by atoms with Crippen LogP contribution in [0.25, 0.3) is 0 Å². The smallest absolute Gasteiger partial charge is 0.0546 e. The van der Waals surface area contributed by atoms with Crippen LogP contribution in [-0.4, -0.2) is 12.7 Å². The molecule has 20 heavy (non-hydrogen) atoms. The number of halogens is 2. The van der Waals surface area contributed by atoms with E-state index in [0.29, 0.717) is 0 Å². The molecular weight excluding hydrogens is 291 g/mol. The Kier molecular flexibility index (Phi) is 27.7. The Morgan fingerprint density at radius 2 is 1.15 bits per heavy atom. The van der Waals surface area contributed by atoms with Crippen LogP contribution in [0.3, 0.4) is 0 Å². The fourth-order valence-electron chi connectivity index (χ4n) is 2.31. The second-order valence-electron chi connectivity index (χ2n) is 5.53. The van der Waals surface area contributed by atoms with Crippen molar-refractivity contribution in [2.24, 2.45) is 5.73 Å². The van der Waals surface area contributed by atoms with E-state index in [0.717, 1.165) is 13.0 Å². The van der Waals surface area contributed by atoms with Gasteiger partial charge in [-0.25, -0.2) is 0 Å². The SMILES string of the molecule is CCCCCCCCCCCCNC(N)CCC.Cl.Cl. The van der Waals surface area contributed by atoms with Gasteiger partial charge in [-0.05, 0) is 19.4 Å². The highest BCUT2D eigenvalue weighted by Crippen LogP contribution is 2.10. The lowest BCUT2D eigenvalue weighted by Gasteiger charge is -2.12. The average molecular weight is 329 g/mol. The van der Waals surface area contributed by atoms with E-state index in [1.807, 2.05) is 0 Å². The molecule has 0 aliphatic rings. The molecule has 0 aromatic carbocycles. The lowest BCUT2D eigenvalue weighted by Crippen LogP contribution is -2.37. The number of hydrogen-bond acceptors (Lipinski definition) is 2. The Bertz CT molecular complexity index is 157. The van der Waals surface area contributed by atoms with Crippen LogP contribution in [0.2, 0.25) is 0 Å². The van der Waals surface area contributed by atoms with Gasteiger partial charge in [-0.15, -0.1) is 24.8 Å². The topological polar surface area (TPSA) is 38.0 Å². The van der Waals surface area contributed by atoms with Crippen molar-refractivity contribution in [3.63, 3.8) is 0 Å². The lowest BCUT2D eigenvalue weighted by atomic mass is 10.1. The second kappa shape index (κ2) is 21.8. The third-order valence-electron chi connectivity index (χ3n) is 3.54. The molecule has 0 aliphatic heterocycles. The number of nitrogens with two attached hydrogens (primary N) is 1. The van der Waals surface area contributed by atoms with Gasteiger partial charge in [0.25, 0.3) is 0 Å². The second-order valence-corrected chi connectivity index (χ2v) is 5.53. The molecule has 126 valence electrons. The quantitative estimate of drug-likeness (QED) is 0.330. The zero-order valence-electron chi connectivity index (χ0n) is 13.7. The predicted molar refractivity (Wildman–Crippen MR) is 97.2 cm³/mol. The van der Waals surface area contributed by atoms with Gasteiger partial charge in [0.1, 0.15) is 0 Å². The van der Waals surface area contributed by atoms with Gasteiger partial charge in [0, 0.05) is 0 Å². The fraction of sp³-hybridized carbons (Fsp3) is 1.00. The summed E-state index contributed by atoms with van der Waals surface area (Å²) in [6, 6.07) is 0. The van der Waals surface area contributed by atoms with Gasteiger partial charge in [-0.1, -0.05) is 78.1 Å². The highest BCUT2D eigenvalue weighted by molar-refractivity contribution is 5.85. The number of nitrogens with one attached hydrogen (secondary N) is 1. The van der Waals surface area contributed by atoms with Gasteiger partial charge in [-0.3, -0.25) is 0 Å². The van der Waals surface area contributed by atoms with Crippen LogP contribution in [0.1, 0.15) is 90.9 Å². The minimum atomic E-state index is 0. The summed E-state index contributed by atoms with van der Waals surface area (Å²) in [6.45, 7) is 5.56. The Hall–Kier alpha value is 0.500. The summed E-state index contributed by atoms with van der Waals surface area (Å²) in [5.41, 5.74) is 5.89. The largest absolute Gasteiger partial charge is 0.316 e. The van der Waals surface area contributed by atoms with Crippen LogP contribution in [0.15, 0.2) is 0 Å². The van der Waals surface area contributed by atoms with Crippen molar-refractivity contribution in [1.29, 1.82) is 0 Å². The molecule has 0 aliphatic carbocycles. The van der Waals surface area contributed by atoms with E-state index in [1.165, 1.54) is 70.6 Å². The van der Waals surface area contributed by atoms with Gasteiger partial charge in [0.15, 0.2) is 0 Å². The van der Waals surface area contributed by atoms with Gasteiger partial charge >= 0.3 is 0 Å². The van der Waals surface area contributed by atoms with Crippen LogP contribution >= 0.6 is 24.8 Å². The van der Waals surface area contributed by atoms with Crippen molar-refractivity contribution in [2.75, 3.05) is 6.54 Å². The van der Waals surface area contributed by atoms with Crippen LogP contribution in [-0.2, 0) is 0 Å². The van der Waals surface area contributed by atoms with E-state index in [9.17, 15) is 0 Å². The molecule has 3 N–H and O–H groups in total. The predicted octanol–water partition coefficient (Wildman–Crippen LogP) is 5.43. The summed E-state index contributed by atoms with van der Waals surface area (Å²) in [5.74, 6) is 0. The molecule has 0 saturated carbocycles. The first-order valence-electron chi connectivity index (χ1n) is 8.30. The van der Waals surface area contributed by atoms with Crippen molar-refractivity contribution >= 4 is 24.8 Å². The van der Waals surface area contributed by atoms with Gasteiger partial charge in [0.05, 0.1) is 6.17 Å². The summed E-state index contributed by atoms with van der Waals surface area (Å²) in [7, 11) is 0. The van der Waals surface area contributed by atoms with E-state index in [4.69, 9.17) is 5.73 Å². The van der Waals surface area contributed by atoms with Crippen LogP contribution < -0.4 is 11.1 Å². The fourth-order valence-corrected chi connectivity index (χ4v) is 2.31. The molecular formula is C16H38Cl2N2. The van der Waals surface area contributed by atoms with Gasteiger partial charge in [-0.2, -0.15) is 0 Å². The molecule has 0 bridgehead atoms. The summed E-state index contributed by atoms with van der Waals surface area (Å²) >= 11 is 0. The normalized spacial score (nSPS) is 11.6. The van der Waals surface area contributed by atoms with Gasteiger partial charge < -0.3 is 11.1 Å². The zero-order valence-corrected chi connectivity index (χ0v) is 15.3. The lowest BCUT2D eigenvalue weighted by molar-refractivity contribution is 0.470. The Morgan fingerprint density at radius 1 is 0.700 bits per heavy atom.